The highest BCUT2D eigenvalue weighted by Gasteiger charge is 2.36. The molecule has 0 radical (unpaired) electrons. The predicted octanol–water partition coefficient (Wildman–Crippen LogP) is 3.52. The zero-order valence-electron chi connectivity index (χ0n) is 21.4. The van der Waals surface area contributed by atoms with Crippen LogP contribution in [0.2, 0.25) is 0 Å². The van der Waals surface area contributed by atoms with E-state index < -0.39 is 35.3 Å². The quantitative estimate of drug-likeness (QED) is 0.254. The molecule has 200 valence electrons. The Labute approximate surface area is 219 Å². The molecule has 4 rings (SSSR count). The second-order valence-corrected chi connectivity index (χ2v) is 9.06. The number of aryl methyl sites for hydroxylation is 1. The summed E-state index contributed by atoms with van der Waals surface area (Å²) in [6.07, 6.45) is 0.306. The van der Waals surface area contributed by atoms with Gasteiger partial charge in [0.1, 0.15) is 29.1 Å². The van der Waals surface area contributed by atoms with Gasteiger partial charge in [0.25, 0.3) is 0 Å². The molecule has 10 heteroatoms. The lowest BCUT2D eigenvalue weighted by atomic mass is 9.82. The van der Waals surface area contributed by atoms with Crippen molar-refractivity contribution in [1.82, 2.24) is 4.98 Å². The summed E-state index contributed by atoms with van der Waals surface area (Å²) in [7, 11) is 2.67. The molecule has 0 saturated carbocycles. The Morgan fingerprint density at radius 1 is 1.13 bits per heavy atom. The van der Waals surface area contributed by atoms with Crippen molar-refractivity contribution in [3.05, 3.63) is 75.1 Å². The van der Waals surface area contributed by atoms with Gasteiger partial charge in [-0.3, -0.25) is 14.6 Å². The second-order valence-electron chi connectivity index (χ2n) is 9.06. The Kier molecular flexibility index (Phi) is 7.56. The van der Waals surface area contributed by atoms with Crippen LogP contribution in [0, 0.1) is 6.92 Å². The summed E-state index contributed by atoms with van der Waals surface area (Å²) in [6, 6.07) is 6.15. The van der Waals surface area contributed by atoms with Gasteiger partial charge in [0.05, 0.1) is 45.1 Å². The van der Waals surface area contributed by atoms with E-state index in [1.54, 1.807) is 31.3 Å². The molecule has 2 heterocycles. The lowest BCUT2D eigenvalue weighted by molar-refractivity contribution is -0.140. The van der Waals surface area contributed by atoms with Crippen molar-refractivity contribution in [2.45, 2.75) is 45.5 Å². The molecule has 4 N–H and O–H groups in total. The number of ketones is 1. The van der Waals surface area contributed by atoms with Crippen LogP contribution in [0.15, 0.2) is 30.5 Å². The molecule has 0 fully saturated rings. The van der Waals surface area contributed by atoms with Gasteiger partial charge in [-0.1, -0.05) is 6.07 Å². The average Bonchev–Trinajstić information content (AvgIpc) is 3.34. The number of hydrogen-bond acceptors (Lipinski definition) is 10. The van der Waals surface area contributed by atoms with Crippen LogP contribution in [0.4, 0.5) is 0 Å². The van der Waals surface area contributed by atoms with Crippen LogP contribution < -0.4 is 4.74 Å². The number of Topliss-reactive ketones (excluding diaryl/α,β-unsaturated/α-hetero) is 1. The van der Waals surface area contributed by atoms with Crippen molar-refractivity contribution in [1.29, 1.82) is 0 Å². The molecule has 2 unspecified atom stereocenters. The van der Waals surface area contributed by atoms with E-state index >= 15 is 0 Å². The van der Waals surface area contributed by atoms with Gasteiger partial charge in [-0.15, -0.1) is 0 Å². The van der Waals surface area contributed by atoms with E-state index in [2.05, 4.69) is 4.98 Å². The molecule has 1 aromatic heterocycles. The summed E-state index contributed by atoms with van der Waals surface area (Å²) < 4.78 is 16.1. The fourth-order valence-corrected chi connectivity index (χ4v) is 4.84. The number of rotatable bonds is 8. The number of ether oxygens (including phenoxy) is 3. The summed E-state index contributed by atoms with van der Waals surface area (Å²) in [5, 5.41) is 43.4. The molecule has 2 aromatic carbocycles. The monoisotopic (exact) mass is 523 g/mol. The van der Waals surface area contributed by atoms with Crippen LogP contribution in [0.3, 0.4) is 0 Å². The van der Waals surface area contributed by atoms with Crippen molar-refractivity contribution in [2.24, 2.45) is 0 Å². The van der Waals surface area contributed by atoms with Crippen molar-refractivity contribution >= 4 is 11.8 Å². The van der Waals surface area contributed by atoms with Crippen LogP contribution in [0.5, 0.6) is 23.0 Å². The lowest BCUT2D eigenvalue weighted by Crippen LogP contribution is -2.14. The first kappa shape index (κ1) is 26.9. The van der Waals surface area contributed by atoms with Gasteiger partial charge in [0.2, 0.25) is 0 Å². The Hall–Kier alpha value is -4.15. The third-order valence-corrected chi connectivity index (χ3v) is 6.85. The first-order valence-electron chi connectivity index (χ1n) is 11.9. The summed E-state index contributed by atoms with van der Waals surface area (Å²) in [5.41, 5.74) is 2.20. The lowest BCUT2D eigenvalue weighted by Gasteiger charge is -2.25. The Bertz CT molecular complexity index is 1420. The first-order valence-corrected chi connectivity index (χ1v) is 11.9. The highest BCUT2D eigenvalue weighted by molar-refractivity contribution is 5.98. The van der Waals surface area contributed by atoms with Crippen LogP contribution in [0.25, 0.3) is 0 Å². The van der Waals surface area contributed by atoms with E-state index in [0.29, 0.717) is 33.7 Å². The Balaban J connectivity index is 1.99. The maximum Gasteiger partial charge on any atom is 0.306 e. The van der Waals surface area contributed by atoms with E-state index in [1.165, 1.54) is 27.2 Å². The number of aromatic nitrogens is 1. The number of nitrogens with zero attached hydrogens (tertiary/aromatic N) is 1. The number of hydrogen-bond donors (Lipinski definition) is 4. The number of benzene rings is 2. The number of phenolic OH excluding ortho intramolecular Hbond substituents is 2. The van der Waals surface area contributed by atoms with E-state index in [9.17, 15) is 30.0 Å². The number of fused-ring (bicyclic) bond motifs is 1. The van der Waals surface area contributed by atoms with E-state index in [4.69, 9.17) is 14.2 Å². The molecule has 0 spiro atoms. The highest BCUT2D eigenvalue weighted by Crippen LogP contribution is 2.50. The highest BCUT2D eigenvalue weighted by atomic mass is 16.5. The molecule has 2 atom stereocenters. The molecule has 3 aromatic rings. The maximum absolute atomic E-state index is 12.6. The largest absolute Gasteiger partial charge is 0.507 e. The van der Waals surface area contributed by atoms with Crippen LogP contribution in [0.1, 0.15) is 74.8 Å². The van der Waals surface area contributed by atoms with E-state index in [1.807, 2.05) is 0 Å². The van der Waals surface area contributed by atoms with Gasteiger partial charge in [0.15, 0.2) is 5.78 Å². The summed E-state index contributed by atoms with van der Waals surface area (Å²) in [5.74, 6) is -2.69. The minimum atomic E-state index is -0.981. The van der Waals surface area contributed by atoms with E-state index in [0.717, 1.165) is 0 Å². The number of carbonyl (C=O) groups excluding carboxylic acids is 2. The van der Waals surface area contributed by atoms with Crippen molar-refractivity contribution in [3.8, 4) is 23.0 Å². The molecular weight excluding hydrogens is 494 g/mol. The number of pyridine rings is 1. The van der Waals surface area contributed by atoms with Crippen LogP contribution >= 0.6 is 0 Å². The molecule has 0 saturated heterocycles. The average molecular weight is 524 g/mol. The molecule has 10 nitrogen and oxygen atoms in total. The number of aromatic hydroxyl groups is 3. The Morgan fingerprint density at radius 3 is 2.50 bits per heavy atom. The minimum Gasteiger partial charge on any atom is -0.507 e. The normalized spacial score (nSPS) is 15.1. The molecule has 1 aliphatic heterocycles. The molecule has 0 amide bonds. The SMILES string of the molecule is COC(=O)CC(c1ccc(OC)c(CO)c1)c1c(O)c(C(C)=O)cc(C2OCc3cnc(C)c(O)c32)c1O. The minimum absolute atomic E-state index is 0.0884. The van der Waals surface area contributed by atoms with Crippen LogP contribution in [-0.2, 0) is 27.5 Å². The van der Waals surface area contributed by atoms with Gasteiger partial charge >= 0.3 is 5.97 Å². The van der Waals surface area contributed by atoms with Gasteiger partial charge in [0, 0.05) is 39.9 Å². The number of carbonyl (C=O) groups is 2. The molecule has 0 aliphatic carbocycles. The maximum atomic E-state index is 12.6. The van der Waals surface area contributed by atoms with Gasteiger partial charge < -0.3 is 34.6 Å². The third-order valence-electron chi connectivity index (χ3n) is 6.85. The fraction of sp³-hybridized carbons (Fsp3) is 0.321. The third kappa shape index (κ3) is 4.64. The smallest absolute Gasteiger partial charge is 0.306 e. The fourth-order valence-electron chi connectivity index (χ4n) is 4.84. The zero-order valence-corrected chi connectivity index (χ0v) is 21.4. The summed E-state index contributed by atoms with van der Waals surface area (Å²) >= 11 is 0. The number of phenols is 2. The molecule has 38 heavy (non-hydrogen) atoms. The molecule has 1 aliphatic rings. The first-order chi connectivity index (χ1) is 18.1. The predicted molar refractivity (Wildman–Crippen MR) is 134 cm³/mol. The van der Waals surface area contributed by atoms with Gasteiger partial charge in [-0.2, -0.15) is 0 Å². The van der Waals surface area contributed by atoms with Crippen molar-refractivity contribution < 1.29 is 44.2 Å². The Morgan fingerprint density at radius 2 is 1.87 bits per heavy atom. The number of methoxy groups -OCH3 is 2. The van der Waals surface area contributed by atoms with Crippen molar-refractivity contribution in [2.75, 3.05) is 14.2 Å². The topological polar surface area (TPSA) is 156 Å². The summed E-state index contributed by atoms with van der Waals surface area (Å²) in [6.45, 7) is 2.64. The van der Waals surface area contributed by atoms with Crippen LogP contribution in [-0.4, -0.2) is 51.4 Å². The van der Waals surface area contributed by atoms with Gasteiger partial charge in [-0.05, 0) is 37.6 Å². The molecular formula is C28H29NO9. The summed E-state index contributed by atoms with van der Waals surface area (Å²) in [4.78, 5) is 29.2. The molecule has 0 bridgehead atoms. The van der Waals surface area contributed by atoms with Gasteiger partial charge in [-0.25, -0.2) is 0 Å². The number of esters is 1. The number of aliphatic hydroxyl groups is 1. The van der Waals surface area contributed by atoms with E-state index in [-0.39, 0.29) is 42.1 Å². The number of aliphatic hydroxyl groups excluding tert-OH is 1. The standard InChI is InChI=1S/C28H29NO9/c1-13-25(33)23-17(10-29-13)12-38-28(23)20-8-18(14(2)31)26(34)24(27(20)35)19(9-22(32)37-4)15-5-6-21(36-3)16(7-15)11-30/h5-8,10,19,28,30,33-35H,9,11-12H2,1-4H3. The van der Waals surface area contributed by atoms with Crippen molar-refractivity contribution in [3.63, 3.8) is 0 Å². The second kappa shape index (κ2) is 10.7. The zero-order chi connectivity index (χ0) is 27.7.